The molecule has 1 aliphatic heterocycles. The van der Waals surface area contributed by atoms with Crippen LogP contribution >= 0.6 is 0 Å². The van der Waals surface area contributed by atoms with Crippen molar-refractivity contribution in [3.05, 3.63) is 108 Å². The lowest BCUT2D eigenvalue weighted by Gasteiger charge is -2.35. The van der Waals surface area contributed by atoms with E-state index in [4.69, 9.17) is 9.47 Å². The minimum Gasteiger partial charge on any atom is -0.497 e. The number of nitrogens with zero attached hydrogens (tertiary/aromatic N) is 2. The van der Waals surface area contributed by atoms with Crippen molar-refractivity contribution < 1.29 is 18.7 Å². The molecule has 0 unspecified atom stereocenters. The molecule has 1 aliphatic rings. The fourth-order valence-corrected chi connectivity index (χ4v) is 4.75. The number of carbonyl (C=O) groups is 1. The number of halogens is 1. The monoisotopic (exact) mass is 470 g/mol. The van der Waals surface area contributed by atoms with Crippen LogP contribution in [0.25, 0.3) is 10.9 Å². The van der Waals surface area contributed by atoms with Gasteiger partial charge in [0, 0.05) is 30.1 Å². The lowest BCUT2D eigenvalue weighted by molar-refractivity contribution is -0.134. The summed E-state index contributed by atoms with van der Waals surface area (Å²) >= 11 is 0. The molecule has 0 spiro atoms. The zero-order valence-corrected chi connectivity index (χ0v) is 19.6. The number of likely N-dealkylation sites (tertiary alicyclic amines) is 1. The molecular formula is C29H27FN2O3. The molecule has 0 bridgehead atoms. The van der Waals surface area contributed by atoms with Gasteiger partial charge in [-0.2, -0.15) is 0 Å². The van der Waals surface area contributed by atoms with E-state index in [0.29, 0.717) is 19.6 Å². The third-order valence-electron chi connectivity index (χ3n) is 6.50. The Labute approximate surface area is 204 Å². The maximum atomic E-state index is 13.8. The van der Waals surface area contributed by atoms with Crippen LogP contribution in [-0.4, -0.2) is 29.4 Å². The summed E-state index contributed by atoms with van der Waals surface area (Å²) in [6, 6.07) is 23.5. The lowest BCUT2D eigenvalue weighted by Crippen LogP contribution is -2.35. The van der Waals surface area contributed by atoms with Gasteiger partial charge in [0.1, 0.15) is 17.7 Å². The van der Waals surface area contributed by atoms with Gasteiger partial charge in [-0.05, 0) is 47.9 Å². The summed E-state index contributed by atoms with van der Waals surface area (Å²) < 4.78 is 25.7. The second kappa shape index (κ2) is 10.2. The smallest absolute Gasteiger partial charge is 0.223 e. The average molecular weight is 471 g/mol. The molecule has 0 radical (unpaired) electrons. The van der Waals surface area contributed by atoms with Gasteiger partial charge in [0.05, 0.1) is 25.3 Å². The molecule has 1 aromatic heterocycles. The quantitative estimate of drug-likeness (QED) is 0.317. The Kier molecular flexibility index (Phi) is 6.73. The van der Waals surface area contributed by atoms with E-state index in [1.165, 1.54) is 12.1 Å². The van der Waals surface area contributed by atoms with Crippen LogP contribution in [-0.2, 0) is 16.1 Å². The third kappa shape index (κ3) is 4.88. The molecule has 1 saturated heterocycles. The first-order valence-electron chi connectivity index (χ1n) is 11.8. The minimum atomic E-state index is -0.521. The number of benzene rings is 3. The molecule has 178 valence electrons. The van der Waals surface area contributed by atoms with Crippen molar-refractivity contribution in [1.29, 1.82) is 0 Å². The first-order chi connectivity index (χ1) is 17.1. The van der Waals surface area contributed by atoms with Gasteiger partial charge in [0.15, 0.2) is 0 Å². The van der Waals surface area contributed by atoms with Gasteiger partial charge in [0.2, 0.25) is 5.91 Å². The normalized spacial score (nSPS) is 15.4. The summed E-state index contributed by atoms with van der Waals surface area (Å²) in [5, 5.41) is 0.995. The Morgan fingerprint density at radius 2 is 1.77 bits per heavy atom. The Morgan fingerprint density at radius 3 is 2.49 bits per heavy atom. The summed E-state index contributed by atoms with van der Waals surface area (Å²) in [6.45, 7) is 0.957. The van der Waals surface area contributed by atoms with Crippen LogP contribution in [0.4, 0.5) is 4.39 Å². The molecule has 0 saturated carbocycles. The second-order valence-electron chi connectivity index (χ2n) is 8.69. The van der Waals surface area contributed by atoms with E-state index in [1.807, 2.05) is 59.5 Å². The number of hydrogen-bond acceptors (Lipinski definition) is 4. The molecule has 0 aliphatic carbocycles. The van der Waals surface area contributed by atoms with Crippen molar-refractivity contribution in [2.75, 3.05) is 13.7 Å². The zero-order chi connectivity index (χ0) is 24.2. The van der Waals surface area contributed by atoms with E-state index in [9.17, 15) is 9.18 Å². The van der Waals surface area contributed by atoms with Crippen molar-refractivity contribution >= 4 is 16.8 Å². The number of para-hydroxylation sites is 1. The summed E-state index contributed by atoms with van der Waals surface area (Å²) in [4.78, 5) is 19.6. The highest BCUT2D eigenvalue weighted by Gasteiger charge is 2.37. The van der Waals surface area contributed by atoms with Gasteiger partial charge >= 0.3 is 0 Å². The molecule has 1 amide bonds. The molecule has 1 fully saturated rings. The summed E-state index contributed by atoms with van der Waals surface area (Å²) in [6.07, 6.45) is 2.54. The van der Waals surface area contributed by atoms with Crippen molar-refractivity contribution in [2.45, 2.75) is 31.6 Å². The van der Waals surface area contributed by atoms with Crippen LogP contribution in [0.1, 0.15) is 41.7 Å². The largest absolute Gasteiger partial charge is 0.497 e. The third-order valence-corrected chi connectivity index (χ3v) is 6.50. The molecule has 3 aromatic carbocycles. The molecule has 5 rings (SSSR count). The van der Waals surface area contributed by atoms with E-state index in [2.05, 4.69) is 4.98 Å². The van der Waals surface area contributed by atoms with Crippen LogP contribution < -0.4 is 4.74 Å². The number of carbonyl (C=O) groups excluding carboxylic acids is 1. The van der Waals surface area contributed by atoms with Crippen LogP contribution in [0.3, 0.4) is 0 Å². The molecule has 4 aromatic rings. The number of rotatable bonds is 8. The van der Waals surface area contributed by atoms with E-state index in [0.717, 1.165) is 39.8 Å². The predicted molar refractivity (Wildman–Crippen MR) is 132 cm³/mol. The van der Waals surface area contributed by atoms with E-state index in [-0.39, 0.29) is 11.7 Å². The fraction of sp³-hybridized carbons (Fsp3) is 0.241. The Hall–Kier alpha value is -3.77. The molecule has 5 nitrogen and oxygen atoms in total. The highest BCUT2D eigenvalue weighted by atomic mass is 19.1. The van der Waals surface area contributed by atoms with Gasteiger partial charge in [-0.25, -0.2) is 4.39 Å². The Bertz CT molecular complexity index is 1300. The first-order valence-corrected chi connectivity index (χ1v) is 11.8. The highest BCUT2D eigenvalue weighted by molar-refractivity contribution is 5.84. The topological polar surface area (TPSA) is 51.7 Å². The predicted octanol–water partition coefficient (Wildman–Crippen LogP) is 6.00. The summed E-state index contributed by atoms with van der Waals surface area (Å²) in [5.74, 6) is 0.539. The van der Waals surface area contributed by atoms with Gasteiger partial charge in [-0.1, -0.05) is 48.5 Å². The molecule has 35 heavy (non-hydrogen) atoms. The van der Waals surface area contributed by atoms with Crippen LogP contribution in [0.2, 0.25) is 0 Å². The summed E-state index contributed by atoms with van der Waals surface area (Å²) in [7, 11) is 1.63. The number of aromatic nitrogens is 1. The van der Waals surface area contributed by atoms with Gasteiger partial charge in [0.25, 0.3) is 0 Å². The number of ether oxygens (including phenoxy) is 2. The standard InChI is InChI=1S/C29H27FN2O3/c1-34-24-15-9-20(10-16-24)19-35-29(22-11-13-23(30)14-12-22)28(32-18-4-8-26(32)33)25-7-2-5-21-6-3-17-31-27(21)25/h2-3,5-7,9-17,28-29H,4,8,18-19H2,1H3/t28-,29+/m1/s1. The first kappa shape index (κ1) is 23.0. The number of pyridine rings is 1. The van der Waals surface area contributed by atoms with Crippen molar-refractivity contribution in [3.8, 4) is 5.75 Å². The molecular weight excluding hydrogens is 443 g/mol. The number of fused-ring (bicyclic) bond motifs is 1. The number of methoxy groups -OCH3 is 1. The second-order valence-corrected chi connectivity index (χ2v) is 8.69. The number of amides is 1. The van der Waals surface area contributed by atoms with Crippen molar-refractivity contribution in [2.24, 2.45) is 0 Å². The van der Waals surface area contributed by atoms with E-state index >= 15 is 0 Å². The van der Waals surface area contributed by atoms with Crippen LogP contribution in [0.15, 0.2) is 85.1 Å². The maximum absolute atomic E-state index is 13.8. The zero-order valence-electron chi connectivity index (χ0n) is 19.6. The Balaban J connectivity index is 1.60. The van der Waals surface area contributed by atoms with Gasteiger partial charge in [-0.3, -0.25) is 9.78 Å². The van der Waals surface area contributed by atoms with Gasteiger partial charge in [-0.15, -0.1) is 0 Å². The van der Waals surface area contributed by atoms with Crippen LogP contribution in [0, 0.1) is 5.82 Å². The SMILES string of the molecule is COc1ccc(CO[C@@H](c2ccc(F)cc2)[C@@H](c2cccc3cccnc23)N2CCCC2=O)cc1. The maximum Gasteiger partial charge on any atom is 0.223 e. The average Bonchev–Trinajstić information content (AvgIpc) is 3.32. The van der Waals surface area contributed by atoms with Crippen molar-refractivity contribution in [3.63, 3.8) is 0 Å². The fourth-order valence-electron chi connectivity index (χ4n) is 4.75. The van der Waals surface area contributed by atoms with Crippen LogP contribution in [0.5, 0.6) is 5.75 Å². The minimum absolute atomic E-state index is 0.0862. The van der Waals surface area contributed by atoms with E-state index < -0.39 is 12.1 Å². The molecule has 0 N–H and O–H groups in total. The molecule has 6 heteroatoms. The Morgan fingerprint density at radius 1 is 1.00 bits per heavy atom. The highest BCUT2D eigenvalue weighted by Crippen LogP contribution is 2.42. The van der Waals surface area contributed by atoms with Crippen molar-refractivity contribution in [1.82, 2.24) is 9.88 Å². The number of hydrogen-bond donors (Lipinski definition) is 0. The molecule has 2 atom stereocenters. The van der Waals surface area contributed by atoms with E-state index in [1.54, 1.807) is 25.4 Å². The lowest BCUT2D eigenvalue weighted by atomic mass is 9.92. The van der Waals surface area contributed by atoms with Gasteiger partial charge < -0.3 is 14.4 Å². The summed E-state index contributed by atoms with van der Waals surface area (Å²) in [5.41, 5.74) is 3.53. The molecule has 2 heterocycles.